The highest BCUT2D eigenvalue weighted by Crippen LogP contribution is 2.30. The number of rotatable bonds is 6. The van der Waals surface area contributed by atoms with E-state index in [-0.39, 0.29) is 11.1 Å². The molecule has 2 aromatic carbocycles. The molecule has 0 radical (unpaired) electrons. The number of aromatic nitrogens is 1. The zero-order valence-corrected chi connectivity index (χ0v) is 19.0. The lowest BCUT2D eigenvalue weighted by Gasteiger charge is -2.24. The number of benzene rings is 2. The standard InChI is InChI=1S/C26H28F3N3O/c1-25(2,3)20-12-10-19(11-13-20)18-32(16-14-22-8-4-5-15-30-22)24(33)31-23-9-6-7-21(17-23)26(27,28)29/h4-13,15,17H,14,16,18H2,1-3H3,(H,31,33). The van der Waals surface area contributed by atoms with Crippen LogP contribution in [0.2, 0.25) is 0 Å². The largest absolute Gasteiger partial charge is 0.416 e. The molecule has 0 aliphatic carbocycles. The zero-order valence-electron chi connectivity index (χ0n) is 19.0. The number of carbonyl (C=O) groups excluding carboxylic acids is 1. The van der Waals surface area contributed by atoms with Gasteiger partial charge in [0.2, 0.25) is 0 Å². The molecule has 0 bridgehead atoms. The van der Waals surface area contributed by atoms with E-state index in [0.29, 0.717) is 19.5 Å². The van der Waals surface area contributed by atoms with Crippen molar-refractivity contribution in [2.45, 2.75) is 45.3 Å². The van der Waals surface area contributed by atoms with Crippen LogP contribution in [-0.4, -0.2) is 22.5 Å². The highest BCUT2D eigenvalue weighted by molar-refractivity contribution is 5.89. The van der Waals surface area contributed by atoms with Gasteiger partial charge in [0.25, 0.3) is 0 Å². The smallest absolute Gasteiger partial charge is 0.320 e. The van der Waals surface area contributed by atoms with Crippen molar-refractivity contribution in [2.75, 3.05) is 11.9 Å². The lowest BCUT2D eigenvalue weighted by atomic mass is 9.87. The molecule has 0 aliphatic heterocycles. The maximum absolute atomic E-state index is 13.0. The Kier molecular flexibility index (Phi) is 7.41. The second kappa shape index (κ2) is 10.1. The van der Waals surface area contributed by atoms with Gasteiger partial charge in [0.1, 0.15) is 0 Å². The summed E-state index contributed by atoms with van der Waals surface area (Å²) >= 11 is 0. The molecular weight excluding hydrogens is 427 g/mol. The van der Waals surface area contributed by atoms with Crippen molar-refractivity contribution in [1.29, 1.82) is 0 Å². The Hall–Kier alpha value is -3.35. The van der Waals surface area contributed by atoms with Gasteiger partial charge in [-0.05, 0) is 46.9 Å². The van der Waals surface area contributed by atoms with Crippen molar-refractivity contribution in [3.05, 3.63) is 95.3 Å². The van der Waals surface area contributed by atoms with E-state index in [1.807, 2.05) is 42.5 Å². The van der Waals surface area contributed by atoms with Crippen molar-refractivity contribution < 1.29 is 18.0 Å². The van der Waals surface area contributed by atoms with Gasteiger partial charge in [-0.1, -0.05) is 57.2 Å². The lowest BCUT2D eigenvalue weighted by molar-refractivity contribution is -0.137. The normalized spacial score (nSPS) is 11.8. The van der Waals surface area contributed by atoms with Crippen LogP contribution >= 0.6 is 0 Å². The van der Waals surface area contributed by atoms with Crippen molar-refractivity contribution in [2.24, 2.45) is 0 Å². The van der Waals surface area contributed by atoms with Crippen LogP contribution < -0.4 is 5.32 Å². The molecule has 0 unspecified atom stereocenters. The summed E-state index contributed by atoms with van der Waals surface area (Å²) < 4.78 is 39.1. The van der Waals surface area contributed by atoms with E-state index in [1.165, 1.54) is 17.7 Å². The van der Waals surface area contributed by atoms with Crippen LogP contribution in [0.1, 0.15) is 43.2 Å². The third-order valence-electron chi connectivity index (χ3n) is 5.29. The minimum Gasteiger partial charge on any atom is -0.320 e. The molecule has 1 heterocycles. The molecule has 3 rings (SSSR count). The first kappa shape index (κ1) is 24.3. The molecule has 1 N–H and O–H groups in total. The van der Waals surface area contributed by atoms with E-state index >= 15 is 0 Å². The molecular formula is C26H28F3N3O. The monoisotopic (exact) mass is 455 g/mol. The number of carbonyl (C=O) groups is 1. The van der Waals surface area contributed by atoms with Crippen LogP contribution in [-0.2, 0) is 24.6 Å². The molecule has 2 amide bonds. The van der Waals surface area contributed by atoms with Crippen LogP contribution in [0.15, 0.2) is 72.9 Å². The average Bonchev–Trinajstić information content (AvgIpc) is 2.76. The van der Waals surface area contributed by atoms with Crippen molar-refractivity contribution in [3.8, 4) is 0 Å². The predicted molar refractivity (Wildman–Crippen MR) is 124 cm³/mol. The molecule has 1 aromatic heterocycles. The summed E-state index contributed by atoms with van der Waals surface area (Å²) in [5.74, 6) is 0. The first-order valence-corrected chi connectivity index (χ1v) is 10.7. The van der Waals surface area contributed by atoms with Gasteiger partial charge >= 0.3 is 12.2 Å². The Morgan fingerprint density at radius 1 is 0.939 bits per heavy atom. The number of amides is 2. The third-order valence-corrected chi connectivity index (χ3v) is 5.29. The Morgan fingerprint density at radius 2 is 1.67 bits per heavy atom. The maximum atomic E-state index is 13.0. The Bertz CT molecular complexity index is 1060. The van der Waals surface area contributed by atoms with Gasteiger partial charge in [0.05, 0.1) is 5.56 Å². The molecule has 0 fully saturated rings. The number of halogens is 3. The van der Waals surface area contributed by atoms with E-state index in [0.717, 1.165) is 23.4 Å². The van der Waals surface area contributed by atoms with Crippen LogP contribution in [0.4, 0.5) is 23.7 Å². The number of nitrogens with one attached hydrogen (secondary N) is 1. The molecule has 7 heteroatoms. The third kappa shape index (κ3) is 7.07. The van der Waals surface area contributed by atoms with Gasteiger partial charge in [-0.25, -0.2) is 4.79 Å². The van der Waals surface area contributed by atoms with Crippen molar-refractivity contribution in [3.63, 3.8) is 0 Å². The Balaban J connectivity index is 1.78. The summed E-state index contributed by atoms with van der Waals surface area (Å²) in [5, 5.41) is 2.61. The summed E-state index contributed by atoms with van der Waals surface area (Å²) in [6, 6.07) is 17.8. The van der Waals surface area contributed by atoms with Gasteiger partial charge in [0.15, 0.2) is 0 Å². The van der Waals surface area contributed by atoms with Crippen LogP contribution in [0.5, 0.6) is 0 Å². The first-order valence-electron chi connectivity index (χ1n) is 10.7. The van der Waals surface area contributed by atoms with Crippen LogP contribution in [0, 0.1) is 0 Å². The SMILES string of the molecule is CC(C)(C)c1ccc(CN(CCc2ccccn2)C(=O)Nc2cccc(C(F)(F)F)c2)cc1. The molecule has 0 saturated carbocycles. The van der Waals surface area contributed by atoms with Gasteiger partial charge in [-0.2, -0.15) is 13.2 Å². The quantitative estimate of drug-likeness (QED) is 0.451. The lowest BCUT2D eigenvalue weighted by Crippen LogP contribution is -2.36. The number of nitrogens with zero attached hydrogens (tertiary/aromatic N) is 2. The predicted octanol–water partition coefficient (Wildman–Crippen LogP) is 6.67. The van der Waals surface area contributed by atoms with Crippen LogP contribution in [0.3, 0.4) is 0 Å². The molecule has 33 heavy (non-hydrogen) atoms. The summed E-state index contributed by atoms with van der Waals surface area (Å²) in [5.41, 5.74) is 2.25. The van der Waals surface area contributed by atoms with Crippen molar-refractivity contribution >= 4 is 11.7 Å². The second-order valence-corrected chi connectivity index (χ2v) is 8.95. The number of hydrogen-bond acceptors (Lipinski definition) is 2. The first-order chi connectivity index (χ1) is 15.5. The zero-order chi connectivity index (χ0) is 24.1. The number of alkyl halides is 3. The summed E-state index contributed by atoms with van der Waals surface area (Å²) in [4.78, 5) is 18.9. The van der Waals surface area contributed by atoms with E-state index in [1.54, 1.807) is 11.1 Å². The number of hydrogen-bond donors (Lipinski definition) is 1. The Morgan fingerprint density at radius 3 is 2.27 bits per heavy atom. The highest BCUT2D eigenvalue weighted by atomic mass is 19.4. The highest BCUT2D eigenvalue weighted by Gasteiger charge is 2.30. The van der Waals surface area contributed by atoms with E-state index in [2.05, 4.69) is 31.1 Å². The minimum atomic E-state index is -4.48. The molecule has 0 aliphatic rings. The van der Waals surface area contributed by atoms with Crippen LogP contribution in [0.25, 0.3) is 0 Å². The van der Waals surface area contributed by atoms with E-state index in [4.69, 9.17) is 0 Å². The van der Waals surface area contributed by atoms with E-state index in [9.17, 15) is 18.0 Å². The topological polar surface area (TPSA) is 45.2 Å². The average molecular weight is 456 g/mol. The molecule has 4 nitrogen and oxygen atoms in total. The van der Waals surface area contributed by atoms with Gasteiger partial charge in [-0.15, -0.1) is 0 Å². The second-order valence-electron chi connectivity index (χ2n) is 8.95. The molecule has 174 valence electrons. The Labute approximate surface area is 192 Å². The van der Waals surface area contributed by atoms with Gasteiger partial charge < -0.3 is 10.2 Å². The maximum Gasteiger partial charge on any atom is 0.416 e. The fraction of sp³-hybridized carbons (Fsp3) is 0.308. The van der Waals surface area contributed by atoms with E-state index < -0.39 is 17.8 Å². The number of anilines is 1. The van der Waals surface area contributed by atoms with Crippen molar-refractivity contribution in [1.82, 2.24) is 9.88 Å². The van der Waals surface area contributed by atoms with Gasteiger partial charge in [-0.3, -0.25) is 4.98 Å². The number of pyridine rings is 1. The molecule has 0 atom stereocenters. The molecule has 3 aromatic rings. The fourth-order valence-electron chi connectivity index (χ4n) is 3.35. The fourth-order valence-corrected chi connectivity index (χ4v) is 3.35. The minimum absolute atomic E-state index is 0.0120. The molecule has 0 spiro atoms. The summed E-state index contributed by atoms with van der Waals surface area (Å²) in [6.07, 6.45) is -2.27. The number of urea groups is 1. The summed E-state index contributed by atoms with van der Waals surface area (Å²) in [6.45, 7) is 7.07. The van der Waals surface area contributed by atoms with Gasteiger partial charge in [0, 0.05) is 37.1 Å². The summed E-state index contributed by atoms with van der Waals surface area (Å²) in [7, 11) is 0. The molecule has 0 saturated heterocycles.